The van der Waals surface area contributed by atoms with Crippen molar-refractivity contribution in [3.8, 4) is 0 Å². The molecule has 0 saturated heterocycles. The van der Waals surface area contributed by atoms with E-state index in [1.165, 1.54) is 5.56 Å². The fourth-order valence-electron chi connectivity index (χ4n) is 3.35. The van der Waals surface area contributed by atoms with Gasteiger partial charge in [-0.15, -0.1) is 0 Å². The van der Waals surface area contributed by atoms with Crippen LogP contribution in [0.5, 0.6) is 0 Å². The number of para-hydroxylation sites is 1. The standard InChI is InChI=1S/C16H18BNO2/c1-16(2)10-6-4-5-7-11(10)18(3)12(16)8-9-14(19)13(17)15(9)20/h4-9,13H,17H2,1-3H3. The average Bonchev–Trinajstić information content (AvgIpc) is 2.64. The van der Waals surface area contributed by atoms with Gasteiger partial charge in [-0.05, 0) is 17.7 Å². The molecule has 1 aromatic carbocycles. The number of nitrogens with zero attached hydrogens (tertiary/aromatic N) is 1. The van der Waals surface area contributed by atoms with Crippen molar-refractivity contribution in [2.45, 2.75) is 25.1 Å². The molecule has 1 heterocycles. The van der Waals surface area contributed by atoms with Crippen LogP contribution in [-0.4, -0.2) is 26.5 Å². The van der Waals surface area contributed by atoms with E-state index >= 15 is 0 Å². The topological polar surface area (TPSA) is 37.4 Å². The SMILES string of the molecule is BC1C(=O)C(C=C2N(C)c3ccccc3C2(C)C)C1=O. The van der Waals surface area contributed by atoms with Crippen LogP contribution in [0.4, 0.5) is 5.69 Å². The Kier molecular flexibility index (Phi) is 2.68. The van der Waals surface area contributed by atoms with Crippen molar-refractivity contribution in [2.75, 3.05) is 11.9 Å². The third-order valence-corrected chi connectivity index (χ3v) is 4.73. The van der Waals surface area contributed by atoms with Gasteiger partial charge in [-0.3, -0.25) is 9.59 Å². The monoisotopic (exact) mass is 267 g/mol. The number of hydrogen-bond acceptors (Lipinski definition) is 3. The summed E-state index contributed by atoms with van der Waals surface area (Å²) in [5.41, 5.74) is 3.25. The highest BCUT2D eigenvalue weighted by molar-refractivity contribution is 6.47. The minimum absolute atomic E-state index is 0.0441. The Bertz CT molecular complexity index is 632. The van der Waals surface area contributed by atoms with Gasteiger partial charge in [-0.1, -0.05) is 32.0 Å². The summed E-state index contributed by atoms with van der Waals surface area (Å²) < 4.78 is 0. The maximum Gasteiger partial charge on any atom is 0.149 e. The molecular formula is C16H18BNO2. The van der Waals surface area contributed by atoms with Gasteiger partial charge in [0.2, 0.25) is 0 Å². The Balaban J connectivity index is 2.04. The lowest BCUT2D eigenvalue weighted by Gasteiger charge is -2.31. The summed E-state index contributed by atoms with van der Waals surface area (Å²) in [5, 5.41) is 0. The molecule has 4 heteroatoms. The quantitative estimate of drug-likeness (QED) is 0.571. The van der Waals surface area contributed by atoms with Gasteiger partial charge in [0.15, 0.2) is 0 Å². The molecule has 3 rings (SSSR count). The number of carbonyl (C=O) groups excluding carboxylic acids is 2. The molecule has 1 aliphatic heterocycles. The molecule has 2 aliphatic rings. The number of anilines is 1. The number of fused-ring (bicyclic) bond motifs is 1. The molecule has 0 aromatic heterocycles. The number of allylic oxidation sites excluding steroid dienone is 2. The summed E-state index contributed by atoms with van der Waals surface area (Å²) in [6.45, 7) is 4.27. The lowest BCUT2D eigenvalue weighted by atomic mass is 9.61. The first-order chi connectivity index (χ1) is 9.35. The summed E-state index contributed by atoms with van der Waals surface area (Å²) in [7, 11) is 3.69. The Morgan fingerprint density at radius 2 is 1.80 bits per heavy atom. The molecule has 3 nitrogen and oxygen atoms in total. The highest BCUT2D eigenvalue weighted by Crippen LogP contribution is 2.47. The van der Waals surface area contributed by atoms with Crippen LogP contribution in [0, 0.1) is 5.92 Å². The van der Waals surface area contributed by atoms with E-state index < -0.39 is 11.7 Å². The van der Waals surface area contributed by atoms with Gasteiger partial charge < -0.3 is 4.90 Å². The van der Waals surface area contributed by atoms with Crippen molar-refractivity contribution in [2.24, 2.45) is 5.92 Å². The zero-order valence-corrected chi connectivity index (χ0v) is 12.3. The minimum atomic E-state index is -0.545. The normalized spacial score (nSPS) is 29.6. The largest absolute Gasteiger partial charge is 0.347 e. The lowest BCUT2D eigenvalue weighted by Crippen LogP contribution is -2.44. The van der Waals surface area contributed by atoms with Gasteiger partial charge in [-0.2, -0.15) is 0 Å². The molecule has 102 valence electrons. The Morgan fingerprint density at radius 1 is 1.20 bits per heavy atom. The second kappa shape index (κ2) is 4.08. The van der Waals surface area contributed by atoms with Crippen molar-refractivity contribution in [3.05, 3.63) is 41.6 Å². The minimum Gasteiger partial charge on any atom is -0.347 e. The second-order valence-corrected chi connectivity index (χ2v) is 6.26. The van der Waals surface area contributed by atoms with Crippen LogP contribution in [-0.2, 0) is 15.0 Å². The molecular weight excluding hydrogens is 249 g/mol. The number of rotatable bonds is 1. The van der Waals surface area contributed by atoms with Gasteiger partial charge in [-0.25, -0.2) is 0 Å². The van der Waals surface area contributed by atoms with Crippen molar-refractivity contribution >= 4 is 25.1 Å². The predicted octanol–water partition coefficient (Wildman–Crippen LogP) is 1.49. The number of Topliss-reactive ketones (excluding diaryl/α,β-unsaturated/α-hetero) is 2. The first kappa shape index (κ1) is 13.2. The Morgan fingerprint density at radius 3 is 2.40 bits per heavy atom. The first-order valence-electron chi connectivity index (χ1n) is 6.98. The van der Waals surface area contributed by atoms with E-state index in [2.05, 4.69) is 30.9 Å². The summed E-state index contributed by atoms with van der Waals surface area (Å²) in [5.74, 6) is -0.879. The van der Waals surface area contributed by atoms with Crippen molar-refractivity contribution in [1.82, 2.24) is 0 Å². The van der Waals surface area contributed by atoms with Gasteiger partial charge >= 0.3 is 0 Å². The first-order valence-corrected chi connectivity index (χ1v) is 6.98. The maximum atomic E-state index is 11.9. The van der Waals surface area contributed by atoms with E-state index in [-0.39, 0.29) is 17.0 Å². The Hall–Kier alpha value is -1.84. The summed E-state index contributed by atoms with van der Waals surface area (Å²) >= 11 is 0. The molecule has 0 amide bonds. The van der Waals surface area contributed by atoms with Crippen molar-refractivity contribution in [3.63, 3.8) is 0 Å². The van der Waals surface area contributed by atoms with Gasteiger partial charge in [0.25, 0.3) is 0 Å². The molecule has 1 aliphatic carbocycles. The molecule has 0 radical (unpaired) electrons. The molecule has 0 unspecified atom stereocenters. The molecule has 0 atom stereocenters. The summed E-state index contributed by atoms with van der Waals surface area (Å²) in [6, 6.07) is 8.22. The summed E-state index contributed by atoms with van der Waals surface area (Å²) in [6.07, 6.45) is 1.87. The van der Waals surface area contributed by atoms with Crippen LogP contribution < -0.4 is 4.90 Å². The van der Waals surface area contributed by atoms with E-state index in [4.69, 9.17) is 0 Å². The molecule has 1 saturated carbocycles. The molecule has 0 bridgehead atoms. The Labute approximate surface area is 120 Å². The fourth-order valence-corrected chi connectivity index (χ4v) is 3.35. The van der Waals surface area contributed by atoms with Crippen LogP contribution in [0.3, 0.4) is 0 Å². The van der Waals surface area contributed by atoms with Crippen LogP contribution >= 0.6 is 0 Å². The number of ketones is 2. The van der Waals surface area contributed by atoms with Crippen LogP contribution in [0.2, 0.25) is 5.82 Å². The number of hydrogen-bond donors (Lipinski definition) is 0. The van der Waals surface area contributed by atoms with E-state index in [1.807, 2.05) is 25.3 Å². The zero-order valence-electron chi connectivity index (χ0n) is 12.3. The van der Waals surface area contributed by atoms with Crippen molar-refractivity contribution in [1.29, 1.82) is 0 Å². The predicted molar refractivity (Wildman–Crippen MR) is 81.8 cm³/mol. The smallest absolute Gasteiger partial charge is 0.149 e. The number of benzene rings is 1. The molecule has 0 N–H and O–H groups in total. The fraction of sp³-hybridized carbons (Fsp3) is 0.375. The third-order valence-electron chi connectivity index (χ3n) is 4.73. The van der Waals surface area contributed by atoms with Crippen molar-refractivity contribution < 1.29 is 9.59 Å². The average molecular weight is 267 g/mol. The number of carbonyl (C=O) groups is 2. The summed E-state index contributed by atoms with van der Waals surface area (Å²) in [4.78, 5) is 25.8. The molecule has 1 fully saturated rings. The van der Waals surface area contributed by atoms with E-state index in [1.54, 1.807) is 7.85 Å². The van der Waals surface area contributed by atoms with Crippen LogP contribution in [0.15, 0.2) is 36.0 Å². The lowest BCUT2D eigenvalue weighted by molar-refractivity contribution is -0.141. The highest BCUT2D eigenvalue weighted by Gasteiger charge is 2.46. The van der Waals surface area contributed by atoms with Gasteiger partial charge in [0, 0.05) is 29.7 Å². The second-order valence-electron chi connectivity index (χ2n) is 6.26. The molecule has 0 spiro atoms. The maximum absolute atomic E-state index is 11.9. The third kappa shape index (κ3) is 1.54. The zero-order chi connectivity index (χ0) is 14.7. The van der Waals surface area contributed by atoms with Crippen LogP contribution in [0.25, 0.3) is 0 Å². The van der Waals surface area contributed by atoms with Crippen LogP contribution in [0.1, 0.15) is 19.4 Å². The van der Waals surface area contributed by atoms with E-state index in [0.29, 0.717) is 0 Å². The van der Waals surface area contributed by atoms with Gasteiger partial charge in [0.1, 0.15) is 19.4 Å². The van der Waals surface area contributed by atoms with E-state index in [9.17, 15) is 9.59 Å². The van der Waals surface area contributed by atoms with E-state index in [0.717, 1.165) is 11.4 Å². The van der Waals surface area contributed by atoms with Gasteiger partial charge in [0.05, 0.1) is 5.92 Å². The number of likely N-dealkylation sites (N-methyl/N-ethyl adjacent to an activating group) is 1. The molecule has 1 aromatic rings. The highest BCUT2D eigenvalue weighted by atomic mass is 16.2. The molecule has 20 heavy (non-hydrogen) atoms.